The molecular formula is C22H23NO6. The number of benzene rings is 2. The molecule has 0 aliphatic carbocycles. The summed E-state index contributed by atoms with van der Waals surface area (Å²) in [7, 11) is 0. The summed E-state index contributed by atoms with van der Waals surface area (Å²) in [4.78, 5) is 47.3. The Kier molecular flexibility index (Phi) is 8.09. The van der Waals surface area contributed by atoms with Crippen molar-refractivity contribution in [2.45, 2.75) is 32.8 Å². The zero-order chi connectivity index (χ0) is 21.2. The van der Waals surface area contributed by atoms with Crippen LogP contribution in [0.1, 0.15) is 47.4 Å². The van der Waals surface area contributed by atoms with Crippen LogP contribution in [0.15, 0.2) is 54.6 Å². The van der Waals surface area contributed by atoms with Gasteiger partial charge < -0.3 is 14.8 Å². The first-order chi connectivity index (χ1) is 13.8. The highest BCUT2D eigenvalue weighted by molar-refractivity contribution is 5.98. The van der Waals surface area contributed by atoms with Crippen molar-refractivity contribution in [3.05, 3.63) is 65.7 Å². The van der Waals surface area contributed by atoms with Gasteiger partial charge in [-0.1, -0.05) is 30.3 Å². The Balaban J connectivity index is 1.73. The number of hydrogen-bond donors (Lipinski definition) is 1. The van der Waals surface area contributed by atoms with Crippen molar-refractivity contribution in [3.8, 4) is 0 Å². The molecule has 0 aliphatic rings. The van der Waals surface area contributed by atoms with Gasteiger partial charge in [-0.15, -0.1) is 0 Å². The van der Waals surface area contributed by atoms with E-state index in [0.29, 0.717) is 16.8 Å². The van der Waals surface area contributed by atoms with Gasteiger partial charge in [0.25, 0.3) is 5.91 Å². The third kappa shape index (κ3) is 7.57. The molecule has 29 heavy (non-hydrogen) atoms. The van der Waals surface area contributed by atoms with E-state index in [1.807, 2.05) is 0 Å². The maximum absolute atomic E-state index is 11.9. The average Bonchev–Trinajstić information content (AvgIpc) is 2.71. The van der Waals surface area contributed by atoms with Gasteiger partial charge in [0.2, 0.25) is 0 Å². The van der Waals surface area contributed by atoms with Crippen molar-refractivity contribution in [2.75, 3.05) is 11.9 Å². The largest absolute Gasteiger partial charge is 0.459 e. The number of carbonyl (C=O) groups is 4. The number of ketones is 1. The number of Topliss-reactive ketones (excluding diaryl/α,β-unsaturated/α-hetero) is 1. The standard InChI is InChI=1S/C22H23NO6/c1-15(2)29-22(27)17-8-10-18(11-9-17)23-20(25)14-28-21(26)13-12-19(24)16-6-4-3-5-7-16/h3-11,15H,12-14H2,1-2H3,(H,23,25). The Morgan fingerprint density at radius 1 is 0.862 bits per heavy atom. The number of carbonyl (C=O) groups excluding carboxylic acids is 4. The molecule has 7 nitrogen and oxygen atoms in total. The minimum atomic E-state index is -0.629. The van der Waals surface area contributed by atoms with Crippen molar-refractivity contribution in [2.24, 2.45) is 0 Å². The maximum Gasteiger partial charge on any atom is 0.338 e. The van der Waals surface area contributed by atoms with E-state index < -0.39 is 24.5 Å². The van der Waals surface area contributed by atoms with E-state index >= 15 is 0 Å². The summed E-state index contributed by atoms with van der Waals surface area (Å²) in [5.41, 5.74) is 1.34. The fourth-order valence-corrected chi connectivity index (χ4v) is 2.37. The van der Waals surface area contributed by atoms with E-state index in [0.717, 1.165) is 0 Å². The molecule has 1 N–H and O–H groups in total. The minimum absolute atomic E-state index is 0.0123. The Morgan fingerprint density at radius 3 is 2.14 bits per heavy atom. The number of hydrogen-bond acceptors (Lipinski definition) is 6. The van der Waals surface area contributed by atoms with E-state index in [4.69, 9.17) is 9.47 Å². The first-order valence-corrected chi connectivity index (χ1v) is 9.20. The van der Waals surface area contributed by atoms with Gasteiger partial charge in [0.1, 0.15) is 0 Å². The molecule has 2 aromatic rings. The number of anilines is 1. The summed E-state index contributed by atoms with van der Waals surface area (Å²) in [6.45, 7) is 3.05. The molecule has 0 spiro atoms. The van der Waals surface area contributed by atoms with E-state index in [9.17, 15) is 19.2 Å². The Bertz CT molecular complexity index is 859. The molecule has 0 fully saturated rings. The molecule has 152 valence electrons. The smallest absolute Gasteiger partial charge is 0.338 e. The van der Waals surface area contributed by atoms with Crippen molar-refractivity contribution < 1.29 is 28.7 Å². The molecule has 1 amide bonds. The van der Waals surface area contributed by atoms with Gasteiger partial charge >= 0.3 is 11.9 Å². The van der Waals surface area contributed by atoms with E-state index in [2.05, 4.69) is 5.32 Å². The van der Waals surface area contributed by atoms with Crippen LogP contribution < -0.4 is 5.32 Å². The number of rotatable bonds is 9. The van der Waals surface area contributed by atoms with E-state index in [1.165, 1.54) is 12.1 Å². The van der Waals surface area contributed by atoms with E-state index in [1.54, 1.807) is 56.3 Å². The lowest BCUT2D eigenvalue weighted by atomic mass is 10.1. The van der Waals surface area contributed by atoms with Gasteiger partial charge in [-0.25, -0.2) is 4.79 Å². The number of ether oxygens (including phenoxy) is 2. The van der Waals surface area contributed by atoms with Crippen LogP contribution in [0.4, 0.5) is 5.69 Å². The molecule has 0 unspecified atom stereocenters. The number of amides is 1. The number of nitrogens with one attached hydrogen (secondary N) is 1. The molecule has 2 rings (SSSR count). The lowest BCUT2D eigenvalue weighted by molar-refractivity contribution is -0.147. The fourth-order valence-electron chi connectivity index (χ4n) is 2.37. The summed E-state index contributed by atoms with van der Waals surface area (Å²) in [5, 5.41) is 2.56. The summed E-state index contributed by atoms with van der Waals surface area (Å²) < 4.78 is 9.97. The summed E-state index contributed by atoms with van der Waals surface area (Å²) in [6, 6.07) is 14.8. The van der Waals surface area contributed by atoms with Crippen LogP contribution in [-0.4, -0.2) is 36.3 Å². The molecule has 0 atom stereocenters. The molecule has 0 saturated carbocycles. The van der Waals surface area contributed by atoms with Gasteiger partial charge in [0, 0.05) is 17.7 Å². The monoisotopic (exact) mass is 397 g/mol. The highest BCUT2D eigenvalue weighted by Crippen LogP contribution is 2.11. The van der Waals surface area contributed by atoms with Crippen LogP contribution in [0.2, 0.25) is 0 Å². The van der Waals surface area contributed by atoms with Gasteiger partial charge in [-0.05, 0) is 38.1 Å². The predicted octanol–water partition coefficient (Wildman–Crippen LogP) is 3.40. The van der Waals surface area contributed by atoms with Crippen LogP contribution in [0.3, 0.4) is 0 Å². The topological polar surface area (TPSA) is 98.8 Å². The van der Waals surface area contributed by atoms with Crippen molar-refractivity contribution >= 4 is 29.3 Å². The molecule has 0 bridgehead atoms. The van der Waals surface area contributed by atoms with Gasteiger partial charge in [-0.3, -0.25) is 14.4 Å². The summed E-state index contributed by atoms with van der Waals surface area (Å²) in [5.74, 6) is -1.76. The summed E-state index contributed by atoms with van der Waals surface area (Å²) in [6.07, 6.45) is -0.314. The fraction of sp³-hybridized carbons (Fsp3) is 0.273. The molecule has 7 heteroatoms. The van der Waals surface area contributed by atoms with Crippen molar-refractivity contribution in [3.63, 3.8) is 0 Å². The molecule has 0 heterocycles. The SMILES string of the molecule is CC(C)OC(=O)c1ccc(NC(=O)COC(=O)CCC(=O)c2ccccc2)cc1. The number of esters is 2. The highest BCUT2D eigenvalue weighted by Gasteiger charge is 2.13. The maximum atomic E-state index is 11.9. The Labute approximate surface area is 169 Å². The molecule has 2 aromatic carbocycles. The quantitative estimate of drug-likeness (QED) is 0.514. The van der Waals surface area contributed by atoms with E-state index in [-0.39, 0.29) is 24.7 Å². The molecule has 0 saturated heterocycles. The second-order valence-corrected chi connectivity index (χ2v) is 6.53. The highest BCUT2D eigenvalue weighted by atomic mass is 16.5. The van der Waals surface area contributed by atoms with Gasteiger partial charge in [-0.2, -0.15) is 0 Å². The van der Waals surface area contributed by atoms with Crippen LogP contribution in [0, 0.1) is 0 Å². The lowest BCUT2D eigenvalue weighted by Crippen LogP contribution is -2.21. The Hall–Kier alpha value is -3.48. The second kappa shape index (κ2) is 10.8. The minimum Gasteiger partial charge on any atom is -0.459 e. The normalized spacial score (nSPS) is 10.3. The third-order valence-electron chi connectivity index (χ3n) is 3.76. The van der Waals surface area contributed by atoms with Gasteiger partial charge in [0.15, 0.2) is 12.4 Å². The van der Waals surface area contributed by atoms with Crippen molar-refractivity contribution in [1.29, 1.82) is 0 Å². The molecule has 0 radical (unpaired) electrons. The zero-order valence-corrected chi connectivity index (χ0v) is 16.3. The van der Waals surface area contributed by atoms with Crippen molar-refractivity contribution in [1.82, 2.24) is 0 Å². The van der Waals surface area contributed by atoms with Crippen LogP contribution in [0.5, 0.6) is 0 Å². The molecule has 0 aromatic heterocycles. The zero-order valence-electron chi connectivity index (χ0n) is 16.3. The first kappa shape index (κ1) is 21.8. The van der Waals surface area contributed by atoms with Gasteiger partial charge in [0.05, 0.1) is 18.1 Å². The second-order valence-electron chi connectivity index (χ2n) is 6.53. The Morgan fingerprint density at radius 2 is 1.52 bits per heavy atom. The van der Waals surface area contributed by atoms with Crippen LogP contribution in [-0.2, 0) is 19.1 Å². The summed E-state index contributed by atoms with van der Waals surface area (Å²) >= 11 is 0. The average molecular weight is 397 g/mol. The molecular weight excluding hydrogens is 374 g/mol. The van der Waals surface area contributed by atoms with Crippen LogP contribution in [0.25, 0.3) is 0 Å². The third-order valence-corrected chi connectivity index (χ3v) is 3.76. The first-order valence-electron chi connectivity index (χ1n) is 9.20. The predicted molar refractivity (Wildman–Crippen MR) is 107 cm³/mol. The molecule has 0 aliphatic heterocycles. The lowest BCUT2D eigenvalue weighted by Gasteiger charge is -2.09. The van der Waals surface area contributed by atoms with Crippen LogP contribution >= 0.6 is 0 Å².